The van der Waals surface area contributed by atoms with E-state index in [9.17, 15) is 38.7 Å². The average molecular weight is 490 g/mol. The van der Waals surface area contributed by atoms with Crippen LogP contribution in [-0.2, 0) is 32.0 Å². The van der Waals surface area contributed by atoms with Gasteiger partial charge in [-0.1, -0.05) is 0 Å². The van der Waals surface area contributed by atoms with E-state index in [0.717, 1.165) is 10.8 Å². The second-order valence-electron chi connectivity index (χ2n) is 6.00. The fourth-order valence-corrected chi connectivity index (χ4v) is 4.43. The van der Waals surface area contributed by atoms with Crippen molar-refractivity contribution in [3.05, 3.63) is 22.7 Å². The van der Waals surface area contributed by atoms with Gasteiger partial charge in [-0.05, 0) is 6.07 Å². The number of carbonyl (C=O) groups excluding carboxylic acids is 1. The van der Waals surface area contributed by atoms with E-state index < -0.39 is 65.6 Å². The molecular weight excluding hydrogens is 470 g/mol. The summed E-state index contributed by atoms with van der Waals surface area (Å²) in [6.07, 6.45) is -5.12. The van der Waals surface area contributed by atoms with Crippen molar-refractivity contribution in [2.45, 2.75) is 24.5 Å². The maximum absolute atomic E-state index is 11.9. The van der Waals surface area contributed by atoms with Gasteiger partial charge in [-0.25, -0.2) is 19.0 Å². The molecule has 0 saturated carbocycles. The van der Waals surface area contributed by atoms with Gasteiger partial charge in [-0.15, -0.1) is 0 Å². The Morgan fingerprint density at radius 1 is 1.26 bits per heavy atom. The molecule has 0 radical (unpaired) electrons. The summed E-state index contributed by atoms with van der Waals surface area (Å²) < 4.78 is 42.4. The first-order valence-corrected chi connectivity index (χ1v) is 11.3. The number of rotatable bonds is 11. The standard InChI is InChI=1S/C12H20N4O13P2/c13-8-1-2-16(12(20)14-8)11-10(19)9(18)7(28-11)5-27-31(24,25)29-30(22,23)26-4-3-15(21)6-17/h1-2,6-7,9-11,18-19,21H,3-5H2,(H,22,23)(H,24,25)(H2,13,14,20)/t7-,9+,10-,11-/m0/s1. The van der Waals surface area contributed by atoms with Crippen molar-refractivity contribution in [2.24, 2.45) is 0 Å². The number of carbonyl (C=O) groups is 1. The zero-order valence-electron chi connectivity index (χ0n) is 15.5. The van der Waals surface area contributed by atoms with Crippen LogP contribution in [0.1, 0.15) is 6.23 Å². The molecule has 0 aromatic carbocycles. The van der Waals surface area contributed by atoms with E-state index in [-0.39, 0.29) is 17.3 Å². The van der Waals surface area contributed by atoms with Gasteiger partial charge in [0.25, 0.3) is 0 Å². The summed E-state index contributed by atoms with van der Waals surface area (Å²) in [5.41, 5.74) is 4.46. The molecule has 19 heteroatoms. The highest BCUT2D eigenvalue weighted by atomic mass is 31.3. The van der Waals surface area contributed by atoms with Crippen molar-refractivity contribution in [1.29, 1.82) is 0 Å². The molecule has 0 spiro atoms. The topological polar surface area (TPSA) is 253 Å². The number of aliphatic hydroxyl groups excluding tert-OH is 2. The van der Waals surface area contributed by atoms with E-state index in [1.165, 1.54) is 6.07 Å². The number of phosphoric acid groups is 2. The average Bonchev–Trinajstić information content (AvgIpc) is 2.93. The van der Waals surface area contributed by atoms with Gasteiger partial charge < -0.3 is 30.5 Å². The minimum atomic E-state index is -5.25. The highest BCUT2D eigenvalue weighted by molar-refractivity contribution is 7.61. The van der Waals surface area contributed by atoms with Crippen LogP contribution >= 0.6 is 15.6 Å². The number of aliphatic hydroxyl groups is 2. The molecular formula is C12H20N4O13P2. The Labute approximate surface area is 173 Å². The lowest BCUT2D eigenvalue weighted by molar-refractivity contribution is -0.151. The van der Waals surface area contributed by atoms with Gasteiger partial charge in [0.1, 0.15) is 24.1 Å². The number of anilines is 1. The maximum atomic E-state index is 11.9. The molecule has 0 bridgehead atoms. The predicted molar refractivity (Wildman–Crippen MR) is 96.0 cm³/mol. The highest BCUT2D eigenvalue weighted by Crippen LogP contribution is 2.60. The third kappa shape index (κ3) is 7.13. The van der Waals surface area contributed by atoms with Gasteiger partial charge in [-0.2, -0.15) is 9.29 Å². The van der Waals surface area contributed by atoms with Crippen LogP contribution in [0.2, 0.25) is 0 Å². The largest absolute Gasteiger partial charge is 0.481 e. The molecule has 1 aromatic rings. The van der Waals surface area contributed by atoms with Gasteiger partial charge >= 0.3 is 21.3 Å². The number of nitrogen functional groups attached to an aromatic ring is 1. The van der Waals surface area contributed by atoms with Gasteiger partial charge in [0.15, 0.2) is 6.23 Å². The third-order valence-electron chi connectivity index (χ3n) is 3.77. The number of hydrogen-bond acceptors (Lipinski definition) is 13. The van der Waals surface area contributed by atoms with Crippen LogP contribution < -0.4 is 11.4 Å². The minimum absolute atomic E-state index is 0.0182. The van der Waals surface area contributed by atoms with Gasteiger partial charge in [0.05, 0.1) is 19.8 Å². The first-order valence-electron chi connectivity index (χ1n) is 8.28. The normalized spacial score (nSPS) is 27.4. The van der Waals surface area contributed by atoms with Crippen LogP contribution in [0.15, 0.2) is 17.1 Å². The SMILES string of the molecule is Nc1ccn([C@H]2O[C@@H](COP(=O)(O)OP(=O)(O)OCCN(O)C=O)[C@@H](O)[C@@H]2O)c(=O)n1. The number of aromatic nitrogens is 2. The Morgan fingerprint density at radius 2 is 1.90 bits per heavy atom. The molecule has 2 heterocycles. The van der Waals surface area contributed by atoms with Crippen molar-refractivity contribution in [2.75, 3.05) is 25.5 Å². The van der Waals surface area contributed by atoms with Crippen LogP contribution in [0.3, 0.4) is 0 Å². The van der Waals surface area contributed by atoms with Crippen molar-refractivity contribution in [3.63, 3.8) is 0 Å². The van der Waals surface area contributed by atoms with Crippen molar-refractivity contribution < 1.29 is 57.2 Å². The second-order valence-corrected chi connectivity index (χ2v) is 9.05. The Morgan fingerprint density at radius 3 is 2.52 bits per heavy atom. The fourth-order valence-electron chi connectivity index (χ4n) is 2.36. The molecule has 6 atom stereocenters. The van der Waals surface area contributed by atoms with E-state index in [4.69, 9.17) is 15.7 Å². The van der Waals surface area contributed by atoms with Crippen LogP contribution in [-0.4, -0.2) is 84.3 Å². The lowest BCUT2D eigenvalue weighted by Gasteiger charge is -2.19. The number of nitrogens with zero attached hydrogens (tertiary/aromatic N) is 3. The number of nitrogens with two attached hydrogens (primary N) is 1. The number of amides is 1. The predicted octanol–water partition coefficient (Wildman–Crippen LogP) is -2.46. The van der Waals surface area contributed by atoms with Crippen molar-refractivity contribution in [3.8, 4) is 0 Å². The van der Waals surface area contributed by atoms with E-state index in [2.05, 4.69) is 18.3 Å². The Balaban J connectivity index is 1.95. The molecule has 1 saturated heterocycles. The molecule has 7 N–H and O–H groups in total. The molecule has 31 heavy (non-hydrogen) atoms. The molecule has 2 unspecified atom stereocenters. The molecule has 176 valence electrons. The number of phosphoric ester groups is 2. The number of hydroxylamine groups is 2. The lowest BCUT2D eigenvalue weighted by Crippen LogP contribution is -2.36. The molecule has 17 nitrogen and oxygen atoms in total. The molecule has 1 aliphatic heterocycles. The molecule has 1 aromatic heterocycles. The van der Waals surface area contributed by atoms with E-state index in [1.54, 1.807) is 0 Å². The molecule has 2 rings (SSSR count). The smallest absolute Gasteiger partial charge is 0.387 e. The third-order valence-corrected chi connectivity index (χ3v) is 6.40. The van der Waals surface area contributed by atoms with Crippen LogP contribution in [0.5, 0.6) is 0 Å². The Hall–Kier alpha value is -1.75. The maximum Gasteiger partial charge on any atom is 0.481 e. The molecule has 1 amide bonds. The quantitative estimate of drug-likeness (QED) is 0.0814. The number of hydrogen-bond donors (Lipinski definition) is 6. The first-order chi connectivity index (χ1) is 14.3. The first kappa shape index (κ1) is 25.5. The zero-order valence-corrected chi connectivity index (χ0v) is 17.3. The number of ether oxygens (including phenoxy) is 1. The summed E-state index contributed by atoms with van der Waals surface area (Å²) in [6, 6.07) is 1.23. The Kier molecular flexibility index (Phi) is 8.43. The monoisotopic (exact) mass is 490 g/mol. The zero-order chi connectivity index (χ0) is 23.4. The van der Waals surface area contributed by atoms with Gasteiger partial charge in [-0.3, -0.25) is 23.6 Å². The minimum Gasteiger partial charge on any atom is -0.387 e. The lowest BCUT2D eigenvalue weighted by atomic mass is 10.1. The summed E-state index contributed by atoms with van der Waals surface area (Å²) in [4.78, 5) is 44.4. The summed E-state index contributed by atoms with van der Waals surface area (Å²) >= 11 is 0. The molecule has 0 aliphatic carbocycles. The molecule has 1 aliphatic rings. The van der Waals surface area contributed by atoms with E-state index >= 15 is 0 Å². The van der Waals surface area contributed by atoms with Gasteiger partial charge in [0, 0.05) is 6.20 Å². The van der Waals surface area contributed by atoms with E-state index in [1.807, 2.05) is 0 Å². The Bertz CT molecular complexity index is 928. The summed E-state index contributed by atoms with van der Waals surface area (Å²) in [6.45, 7) is -2.18. The molecule has 1 fully saturated rings. The van der Waals surface area contributed by atoms with Crippen molar-refractivity contribution >= 4 is 27.9 Å². The van der Waals surface area contributed by atoms with Crippen LogP contribution in [0.25, 0.3) is 0 Å². The van der Waals surface area contributed by atoms with Gasteiger partial charge in [0.2, 0.25) is 6.41 Å². The van der Waals surface area contributed by atoms with Crippen LogP contribution in [0, 0.1) is 0 Å². The summed E-state index contributed by atoms with van der Waals surface area (Å²) in [5, 5.41) is 29.0. The summed E-state index contributed by atoms with van der Waals surface area (Å²) in [5.74, 6) is -0.0963. The second kappa shape index (κ2) is 10.2. The fraction of sp³-hybridized carbons (Fsp3) is 0.583. The summed E-state index contributed by atoms with van der Waals surface area (Å²) in [7, 11) is -10.4. The highest BCUT2D eigenvalue weighted by Gasteiger charge is 2.46. The van der Waals surface area contributed by atoms with Crippen LogP contribution in [0.4, 0.5) is 5.82 Å². The van der Waals surface area contributed by atoms with E-state index in [0.29, 0.717) is 0 Å². The van der Waals surface area contributed by atoms with Crippen molar-refractivity contribution in [1.82, 2.24) is 14.6 Å².